The molecule has 112 valence electrons. The molecule has 0 bridgehead atoms. The third-order valence-corrected chi connectivity index (χ3v) is 3.13. The van der Waals surface area contributed by atoms with Crippen LogP contribution in [0.4, 0.5) is 17.6 Å². The summed E-state index contributed by atoms with van der Waals surface area (Å²) in [4.78, 5) is 0. The first kappa shape index (κ1) is 15.3. The lowest BCUT2D eigenvalue weighted by Crippen LogP contribution is -2.15. The molecule has 6 heteroatoms. The summed E-state index contributed by atoms with van der Waals surface area (Å²) in [5.41, 5.74) is 5.42. The molecule has 0 fully saturated rings. The van der Waals surface area contributed by atoms with Crippen LogP contribution in [0.25, 0.3) is 0 Å². The summed E-state index contributed by atoms with van der Waals surface area (Å²) in [6.45, 7) is 0. The Kier molecular flexibility index (Phi) is 4.18. The number of rotatable bonds is 3. The number of halogens is 4. The Hall–Kier alpha value is -2.08. The highest BCUT2D eigenvalue weighted by Crippen LogP contribution is 2.33. The fraction of sp³-hybridized carbons (Fsp3) is 0.200. The van der Waals surface area contributed by atoms with Crippen LogP contribution >= 0.6 is 0 Å². The minimum atomic E-state index is -4.75. The van der Waals surface area contributed by atoms with Gasteiger partial charge in [-0.15, -0.1) is 0 Å². The maximum Gasteiger partial charge on any atom is 0.419 e. The predicted octanol–water partition coefficient (Wildman–Crippen LogP) is 3.90. The van der Waals surface area contributed by atoms with Crippen LogP contribution in [0.15, 0.2) is 42.5 Å². The van der Waals surface area contributed by atoms with E-state index in [0.717, 1.165) is 12.1 Å². The lowest BCUT2D eigenvalue weighted by Gasteiger charge is -2.16. The van der Waals surface area contributed by atoms with Gasteiger partial charge in [-0.3, -0.25) is 0 Å². The van der Waals surface area contributed by atoms with E-state index in [2.05, 4.69) is 0 Å². The Morgan fingerprint density at radius 3 is 2.10 bits per heavy atom. The zero-order valence-electron chi connectivity index (χ0n) is 11.1. The van der Waals surface area contributed by atoms with E-state index in [1.807, 2.05) is 0 Å². The van der Waals surface area contributed by atoms with Gasteiger partial charge in [0.2, 0.25) is 0 Å². The van der Waals surface area contributed by atoms with Gasteiger partial charge >= 0.3 is 6.18 Å². The van der Waals surface area contributed by atoms with Crippen molar-refractivity contribution in [2.45, 2.75) is 12.2 Å². The van der Waals surface area contributed by atoms with Crippen molar-refractivity contribution in [1.29, 1.82) is 0 Å². The first-order valence-corrected chi connectivity index (χ1v) is 6.09. The van der Waals surface area contributed by atoms with Crippen LogP contribution in [0.3, 0.4) is 0 Å². The Bertz CT molecular complexity index is 623. The summed E-state index contributed by atoms with van der Waals surface area (Å²) in [5, 5.41) is 0. The summed E-state index contributed by atoms with van der Waals surface area (Å²) >= 11 is 0. The summed E-state index contributed by atoms with van der Waals surface area (Å²) in [6, 6.07) is 8.61. The molecule has 21 heavy (non-hydrogen) atoms. The Morgan fingerprint density at radius 1 is 1.00 bits per heavy atom. The molecule has 2 N–H and O–H groups in total. The van der Waals surface area contributed by atoms with Crippen LogP contribution < -0.4 is 10.5 Å². The first-order valence-electron chi connectivity index (χ1n) is 6.09. The average molecular weight is 299 g/mol. The molecule has 2 aromatic carbocycles. The van der Waals surface area contributed by atoms with Crippen molar-refractivity contribution < 1.29 is 22.3 Å². The topological polar surface area (TPSA) is 35.2 Å². The zero-order chi connectivity index (χ0) is 15.6. The average Bonchev–Trinajstić information content (AvgIpc) is 2.46. The van der Waals surface area contributed by atoms with E-state index in [9.17, 15) is 17.6 Å². The van der Waals surface area contributed by atoms with Crippen molar-refractivity contribution in [2.75, 3.05) is 7.11 Å². The molecule has 0 aromatic heterocycles. The normalized spacial score (nSPS) is 13.0. The van der Waals surface area contributed by atoms with Crippen molar-refractivity contribution in [3.63, 3.8) is 0 Å². The van der Waals surface area contributed by atoms with Gasteiger partial charge in [-0.1, -0.05) is 18.2 Å². The summed E-state index contributed by atoms with van der Waals surface area (Å²) in [7, 11) is 1.50. The van der Waals surface area contributed by atoms with E-state index in [1.165, 1.54) is 13.2 Å². The standard InChI is InChI=1S/C15H13F4NO/c1-21-11-5-2-9(3-6-11)14(20)10-4-7-13(16)12(8-10)15(17,18)19/h2-8,14H,20H2,1H3. The molecule has 0 aliphatic carbocycles. The van der Waals surface area contributed by atoms with Crippen molar-refractivity contribution in [3.8, 4) is 5.75 Å². The molecular weight excluding hydrogens is 286 g/mol. The molecule has 0 spiro atoms. The molecule has 0 saturated carbocycles. The monoisotopic (exact) mass is 299 g/mol. The second-order valence-corrected chi connectivity index (χ2v) is 4.49. The molecule has 0 amide bonds. The molecule has 0 aliphatic heterocycles. The number of ether oxygens (including phenoxy) is 1. The highest BCUT2D eigenvalue weighted by Gasteiger charge is 2.34. The third-order valence-electron chi connectivity index (χ3n) is 3.13. The number of benzene rings is 2. The molecule has 0 radical (unpaired) electrons. The fourth-order valence-electron chi connectivity index (χ4n) is 1.96. The minimum absolute atomic E-state index is 0.189. The molecule has 0 aliphatic rings. The number of hydrogen-bond acceptors (Lipinski definition) is 2. The van der Waals surface area contributed by atoms with Gasteiger partial charge in [-0.2, -0.15) is 13.2 Å². The van der Waals surface area contributed by atoms with Crippen LogP contribution in [0.1, 0.15) is 22.7 Å². The van der Waals surface area contributed by atoms with E-state index in [-0.39, 0.29) is 5.56 Å². The van der Waals surface area contributed by atoms with Crippen molar-refractivity contribution in [3.05, 3.63) is 65.0 Å². The third kappa shape index (κ3) is 3.33. The summed E-state index contributed by atoms with van der Waals surface area (Å²) in [6.07, 6.45) is -4.75. The summed E-state index contributed by atoms with van der Waals surface area (Å²) in [5.74, 6) is -0.700. The SMILES string of the molecule is COc1ccc(C(N)c2ccc(F)c(C(F)(F)F)c2)cc1. The van der Waals surface area contributed by atoms with Gasteiger partial charge in [-0.25, -0.2) is 4.39 Å². The largest absolute Gasteiger partial charge is 0.497 e. The fourth-order valence-corrected chi connectivity index (χ4v) is 1.96. The molecule has 0 saturated heterocycles. The Balaban J connectivity index is 2.36. The van der Waals surface area contributed by atoms with Crippen molar-refractivity contribution in [2.24, 2.45) is 5.73 Å². The van der Waals surface area contributed by atoms with Gasteiger partial charge in [-0.05, 0) is 35.4 Å². The lowest BCUT2D eigenvalue weighted by molar-refractivity contribution is -0.140. The van der Waals surface area contributed by atoms with Crippen LogP contribution in [-0.2, 0) is 6.18 Å². The molecule has 2 nitrogen and oxygen atoms in total. The van der Waals surface area contributed by atoms with Crippen molar-refractivity contribution in [1.82, 2.24) is 0 Å². The Morgan fingerprint density at radius 2 is 1.57 bits per heavy atom. The maximum atomic E-state index is 13.3. The summed E-state index contributed by atoms with van der Waals surface area (Å²) < 4.78 is 56.3. The quantitative estimate of drug-likeness (QED) is 0.872. The van der Waals surface area contributed by atoms with Crippen LogP contribution in [-0.4, -0.2) is 7.11 Å². The molecule has 1 atom stereocenters. The molecule has 2 rings (SSSR count). The number of methoxy groups -OCH3 is 1. The first-order chi connectivity index (χ1) is 9.82. The van der Waals surface area contributed by atoms with Gasteiger partial charge < -0.3 is 10.5 Å². The highest BCUT2D eigenvalue weighted by atomic mass is 19.4. The van der Waals surface area contributed by atoms with E-state index < -0.39 is 23.6 Å². The van der Waals surface area contributed by atoms with E-state index in [0.29, 0.717) is 11.3 Å². The van der Waals surface area contributed by atoms with Gasteiger partial charge in [0.15, 0.2) is 0 Å². The number of hydrogen-bond donors (Lipinski definition) is 1. The van der Waals surface area contributed by atoms with Gasteiger partial charge in [0, 0.05) is 0 Å². The van der Waals surface area contributed by atoms with E-state index in [4.69, 9.17) is 10.5 Å². The molecule has 0 heterocycles. The van der Waals surface area contributed by atoms with Gasteiger partial charge in [0.25, 0.3) is 0 Å². The smallest absolute Gasteiger partial charge is 0.419 e. The number of nitrogens with two attached hydrogens (primary N) is 1. The van der Waals surface area contributed by atoms with Crippen LogP contribution in [0, 0.1) is 5.82 Å². The minimum Gasteiger partial charge on any atom is -0.497 e. The lowest BCUT2D eigenvalue weighted by atomic mass is 9.97. The zero-order valence-corrected chi connectivity index (χ0v) is 11.1. The Labute approximate surface area is 119 Å². The highest BCUT2D eigenvalue weighted by molar-refractivity contribution is 5.37. The second-order valence-electron chi connectivity index (χ2n) is 4.49. The number of alkyl halides is 3. The van der Waals surface area contributed by atoms with E-state index in [1.54, 1.807) is 24.3 Å². The van der Waals surface area contributed by atoms with E-state index >= 15 is 0 Å². The molecule has 2 aromatic rings. The van der Waals surface area contributed by atoms with Crippen molar-refractivity contribution >= 4 is 0 Å². The second kappa shape index (κ2) is 5.73. The molecular formula is C15H13F4NO. The van der Waals surface area contributed by atoms with Crippen LogP contribution in [0.5, 0.6) is 5.75 Å². The molecule has 1 unspecified atom stereocenters. The van der Waals surface area contributed by atoms with Gasteiger partial charge in [0.1, 0.15) is 11.6 Å². The van der Waals surface area contributed by atoms with Gasteiger partial charge in [0.05, 0.1) is 18.7 Å². The predicted molar refractivity (Wildman–Crippen MR) is 70.4 cm³/mol. The maximum absolute atomic E-state index is 13.3. The van der Waals surface area contributed by atoms with Crippen LogP contribution in [0.2, 0.25) is 0 Å².